The molecular weight excluding hydrogens is 350 g/mol. The zero-order valence-corrected chi connectivity index (χ0v) is 15.2. The fourth-order valence-electron chi connectivity index (χ4n) is 3.73. The quantitative estimate of drug-likeness (QED) is 0.817. The lowest BCUT2D eigenvalue weighted by atomic mass is 9.80. The number of benzene rings is 1. The number of para-hydroxylation sites is 1. The van der Waals surface area contributed by atoms with Crippen molar-refractivity contribution in [3.05, 3.63) is 51.7 Å². The van der Waals surface area contributed by atoms with E-state index in [1.54, 1.807) is 17.4 Å². The molecule has 1 aliphatic carbocycles. The molecule has 1 aliphatic heterocycles. The number of carbonyl (C=O) groups is 3. The van der Waals surface area contributed by atoms with Gasteiger partial charge in [0.25, 0.3) is 5.91 Å². The maximum absolute atomic E-state index is 13.1. The van der Waals surface area contributed by atoms with Gasteiger partial charge in [0.15, 0.2) is 0 Å². The summed E-state index contributed by atoms with van der Waals surface area (Å²) in [6.45, 7) is 1.60. The maximum atomic E-state index is 13.1. The summed E-state index contributed by atoms with van der Waals surface area (Å²) in [6.07, 6.45) is 2.33. The summed E-state index contributed by atoms with van der Waals surface area (Å²) in [4.78, 5) is 40.1. The van der Waals surface area contributed by atoms with Crippen LogP contribution in [-0.4, -0.2) is 29.3 Å². The second-order valence-electron chi connectivity index (χ2n) is 6.70. The van der Waals surface area contributed by atoms with E-state index in [4.69, 9.17) is 0 Å². The molecule has 4 rings (SSSR count). The van der Waals surface area contributed by atoms with Gasteiger partial charge in [0.2, 0.25) is 5.91 Å². The van der Waals surface area contributed by atoms with Crippen molar-refractivity contribution in [2.45, 2.75) is 31.7 Å². The molecule has 1 fully saturated rings. The van der Waals surface area contributed by atoms with Gasteiger partial charge in [0.1, 0.15) is 12.1 Å². The number of imide groups is 1. The van der Waals surface area contributed by atoms with Crippen molar-refractivity contribution in [3.8, 4) is 0 Å². The smallest absolute Gasteiger partial charge is 0.324 e. The zero-order valence-electron chi connectivity index (χ0n) is 14.4. The fraction of sp³-hybridized carbons (Fsp3) is 0.316. The predicted molar refractivity (Wildman–Crippen MR) is 99.0 cm³/mol. The van der Waals surface area contributed by atoms with Crippen molar-refractivity contribution >= 4 is 34.9 Å². The van der Waals surface area contributed by atoms with Gasteiger partial charge < -0.3 is 10.6 Å². The topological polar surface area (TPSA) is 78.5 Å². The molecule has 1 saturated heterocycles. The highest BCUT2D eigenvalue weighted by molar-refractivity contribution is 7.10. The lowest BCUT2D eigenvalue weighted by Gasteiger charge is -2.31. The molecule has 4 amide bonds. The van der Waals surface area contributed by atoms with Gasteiger partial charge in [0.05, 0.1) is 0 Å². The predicted octanol–water partition coefficient (Wildman–Crippen LogP) is 2.78. The Morgan fingerprint density at radius 3 is 2.92 bits per heavy atom. The molecule has 0 radical (unpaired) electrons. The Labute approximate surface area is 155 Å². The third-order valence-corrected chi connectivity index (χ3v) is 6.04. The summed E-state index contributed by atoms with van der Waals surface area (Å²) in [5.74, 6) is -0.719. The van der Waals surface area contributed by atoms with Gasteiger partial charge >= 0.3 is 6.03 Å². The molecule has 26 heavy (non-hydrogen) atoms. The number of hydrogen-bond acceptors (Lipinski definition) is 4. The number of fused-ring (bicyclic) bond motifs is 2. The van der Waals surface area contributed by atoms with E-state index in [9.17, 15) is 14.4 Å². The van der Waals surface area contributed by atoms with Gasteiger partial charge in [-0.15, -0.1) is 11.3 Å². The first-order valence-corrected chi connectivity index (χ1v) is 9.46. The summed E-state index contributed by atoms with van der Waals surface area (Å²) in [5.41, 5.74) is 1.48. The monoisotopic (exact) mass is 369 g/mol. The molecule has 2 heterocycles. The molecule has 0 bridgehead atoms. The van der Waals surface area contributed by atoms with Gasteiger partial charge in [-0.25, -0.2) is 4.79 Å². The largest absolute Gasteiger partial charge is 0.325 e. The minimum atomic E-state index is -1.01. The Balaban J connectivity index is 1.54. The first-order chi connectivity index (χ1) is 12.5. The number of aryl methyl sites for hydroxylation is 2. The van der Waals surface area contributed by atoms with Crippen LogP contribution in [0.15, 0.2) is 35.7 Å². The van der Waals surface area contributed by atoms with Gasteiger partial charge in [-0.2, -0.15) is 0 Å². The number of nitrogens with zero attached hydrogens (tertiary/aromatic N) is 1. The standard InChI is InChI=1S/C19H19N3O3S/c1-12-5-2-3-6-14(12)20-16(23)11-22-17(24)19(21-18(22)25)9-4-7-15-13(19)8-10-26-15/h2-3,5-6,8,10H,4,7,9,11H2,1H3,(H,20,23)(H,21,25)/t19-/m1/s1. The maximum Gasteiger partial charge on any atom is 0.325 e. The van der Waals surface area contributed by atoms with Crippen molar-refractivity contribution in [1.82, 2.24) is 10.2 Å². The summed E-state index contributed by atoms with van der Waals surface area (Å²) in [5, 5.41) is 7.58. The first-order valence-electron chi connectivity index (χ1n) is 8.58. The molecule has 1 aromatic heterocycles. The highest BCUT2D eigenvalue weighted by Gasteiger charge is 2.54. The Morgan fingerprint density at radius 1 is 1.31 bits per heavy atom. The highest BCUT2D eigenvalue weighted by atomic mass is 32.1. The van der Waals surface area contributed by atoms with Crippen LogP contribution >= 0.6 is 11.3 Å². The number of carbonyl (C=O) groups excluding carboxylic acids is 3. The van der Waals surface area contributed by atoms with Crippen LogP contribution in [0.3, 0.4) is 0 Å². The number of rotatable bonds is 3. The molecule has 134 valence electrons. The molecule has 6 nitrogen and oxygen atoms in total. The van der Waals surface area contributed by atoms with Crippen LogP contribution in [0.5, 0.6) is 0 Å². The van der Waals surface area contributed by atoms with Crippen LogP contribution in [0.2, 0.25) is 0 Å². The summed E-state index contributed by atoms with van der Waals surface area (Å²) >= 11 is 1.61. The van der Waals surface area contributed by atoms with Crippen molar-refractivity contribution in [1.29, 1.82) is 0 Å². The van der Waals surface area contributed by atoms with E-state index in [0.717, 1.165) is 33.7 Å². The average Bonchev–Trinajstić information content (AvgIpc) is 3.18. The third-order valence-electron chi connectivity index (χ3n) is 5.06. The molecule has 0 saturated carbocycles. The lowest BCUT2D eigenvalue weighted by molar-refractivity contribution is -0.134. The van der Waals surface area contributed by atoms with E-state index in [1.807, 2.05) is 36.6 Å². The van der Waals surface area contributed by atoms with E-state index in [2.05, 4.69) is 10.6 Å². The Morgan fingerprint density at radius 2 is 2.12 bits per heavy atom. The Hall–Kier alpha value is -2.67. The van der Waals surface area contributed by atoms with Gasteiger partial charge in [-0.05, 0) is 49.3 Å². The van der Waals surface area contributed by atoms with E-state index in [1.165, 1.54) is 0 Å². The summed E-state index contributed by atoms with van der Waals surface area (Å²) < 4.78 is 0. The fourth-order valence-corrected chi connectivity index (χ4v) is 4.73. The molecule has 7 heteroatoms. The van der Waals surface area contributed by atoms with Crippen LogP contribution in [0.4, 0.5) is 10.5 Å². The zero-order chi connectivity index (χ0) is 18.3. The van der Waals surface area contributed by atoms with Gasteiger partial charge in [-0.3, -0.25) is 14.5 Å². The second kappa shape index (κ2) is 6.25. The number of urea groups is 1. The van der Waals surface area contributed by atoms with Crippen molar-refractivity contribution in [2.75, 3.05) is 11.9 Å². The number of hydrogen-bond donors (Lipinski definition) is 2. The van der Waals surface area contributed by atoms with Crippen LogP contribution in [-0.2, 0) is 21.5 Å². The van der Waals surface area contributed by atoms with Gasteiger partial charge in [0, 0.05) is 16.1 Å². The molecule has 1 spiro atoms. The molecule has 1 atom stereocenters. The van der Waals surface area contributed by atoms with Crippen LogP contribution in [0, 0.1) is 6.92 Å². The average molecular weight is 369 g/mol. The van der Waals surface area contributed by atoms with Crippen LogP contribution in [0.1, 0.15) is 28.8 Å². The minimum absolute atomic E-state index is 0.291. The van der Waals surface area contributed by atoms with E-state index < -0.39 is 11.6 Å². The number of amides is 4. The van der Waals surface area contributed by atoms with Crippen molar-refractivity contribution in [3.63, 3.8) is 0 Å². The molecule has 1 aromatic carbocycles. The Kier molecular flexibility index (Phi) is 4.03. The van der Waals surface area contributed by atoms with Crippen molar-refractivity contribution < 1.29 is 14.4 Å². The number of nitrogens with one attached hydrogen (secondary N) is 2. The highest BCUT2D eigenvalue weighted by Crippen LogP contribution is 2.42. The van der Waals surface area contributed by atoms with E-state index >= 15 is 0 Å². The molecular formula is C19H19N3O3S. The molecule has 2 aromatic rings. The van der Waals surface area contributed by atoms with E-state index in [-0.39, 0.29) is 18.4 Å². The van der Waals surface area contributed by atoms with Crippen LogP contribution < -0.4 is 10.6 Å². The summed E-state index contributed by atoms with van der Waals surface area (Å²) in [6, 6.07) is 8.79. The SMILES string of the molecule is Cc1ccccc1NC(=O)CN1C(=O)N[C@@]2(CCCc3sccc32)C1=O. The van der Waals surface area contributed by atoms with Crippen molar-refractivity contribution in [2.24, 2.45) is 0 Å². The first kappa shape index (κ1) is 16.8. The number of anilines is 1. The normalized spacial score (nSPS) is 21.7. The third kappa shape index (κ3) is 2.59. The molecule has 0 unspecified atom stereocenters. The van der Waals surface area contributed by atoms with Crippen LogP contribution in [0.25, 0.3) is 0 Å². The number of thiophene rings is 1. The molecule has 2 aliphatic rings. The lowest BCUT2D eigenvalue weighted by Crippen LogP contribution is -2.46. The van der Waals surface area contributed by atoms with E-state index in [0.29, 0.717) is 12.1 Å². The summed E-state index contributed by atoms with van der Waals surface area (Å²) in [7, 11) is 0. The van der Waals surface area contributed by atoms with Gasteiger partial charge in [-0.1, -0.05) is 18.2 Å². The Bertz CT molecular complexity index is 907. The second-order valence-corrected chi connectivity index (χ2v) is 7.70. The molecule has 2 N–H and O–H groups in total. The minimum Gasteiger partial charge on any atom is -0.324 e.